The molecule has 3 aromatic rings. The molecule has 0 saturated carbocycles. The molecule has 8 nitrogen and oxygen atoms in total. The van der Waals surface area contributed by atoms with Gasteiger partial charge in [-0.1, -0.05) is 11.8 Å². The first-order valence-electron chi connectivity index (χ1n) is 7.45. The van der Waals surface area contributed by atoms with Crippen LogP contribution in [0.3, 0.4) is 0 Å². The van der Waals surface area contributed by atoms with Gasteiger partial charge in [0, 0.05) is 19.2 Å². The molecule has 0 unspecified atom stereocenters. The van der Waals surface area contributed by atoms with Gasteiger partial charge in [-0.15, -0.1) is 10.2 Å². The number of nitrogens with zero attached hydrogens (tertiary/aromatic N) is 5. The van der Waals surface area contributed by atoms with Crippen molar-refractivity contribution in [2.45, 2.75) is 25.0 Å². The van der Waals surface area contributed by atoms with E-state index in [4.69, 9.17) is 4.42 Å². The van der Waals surface area contributed by atoms with Crippen LogP contribution in [0.2, 0.25) is 0 Å². The van der Waals surface area contributed by atoms with Crippen molar-refractivity contribution < 1.29 is 9.21 Å². The molecule has 9 heteroatoms. The van der Waals surface area contributed by atoms with Crippen molar-refractivity contribution in [1.82, 2.24) is 24.5 Å². The Balaban J connectivity index is 1.62. The standard InChI is InChI=1S/C15H18N6O2S/c1-10(2)21-12(6-7-16-21)17-13(22)9-24-15-19-18-14(20(15)3)11-5-4-8-23-11/h4-8,10H,9H2,1-3H3,(H,17,22). The molecule has 0 atom stereocenters. The molecule has 1 amide bonds. The van der Waals surface area contributed by atoms with Crippen LogP contribution in [0, 0.1) is 0 Å². The van der Waals surface area contributed by atoms with Crippen molar-refractivity contribution in [2.75, 3.05) is 11.1 Å². The first-order chi connectivity index (χ1) is 11.6. The quantitative estimate of drug-likeness (QED) is 0.690. The third-order valence-electron chi connectivity index (χ3n) is 3.34. The van der Waals surface area contributed by atoms with Gasteiger partial charge >= 0.3 is 0 Å². The highest BCUT2D eigenvalue weighted by molar-refractivity contribution is 7.99. The van der Waals surface area contributed by atoms with Gasteiger partial charge in [0.25, 0.3) is 0 Å². The van der Waals surface area contributed by atoms with Gasteiger partial charge in [0.05, 0.1) is 18.2 Å². The fourth-order valence-electron chi connectivity index (χ4n) is 2.19. The van der Waals surface area contributed by atoms with Crippen molar-refractivity contribution in [3.05, 3.63) is 30.7 Å². The Labute approximate surface area is 143 Å². The second kappa shape index (κ2) is 6.91. The van der Waals surface area contributed by atoms with Gasteiger partial charge in [0.2, 0.25) is 5.91 Å². The summed E-state index contributed by atoms with van der Waals surface area (Å²) in [4.78, 5) is 12.2. The minimum atomic E-state index is -0.120. The Morgan fingerprint density at radius 3 is 2.92 bits per heavy atom. The van der Waals surface area contributed by atoms with E-state index in [9.17, 15) is 4.79 Å². The number of amides is 1. The van der Waals surface area contributed by atoms with Crippen molar-refractivity contribution >= 4 is 23.5 Å². The Bertz CT molecular complexity index is 821. The molecule has 0 bridgehead atoms. The predicted molar refractivity (Wildman–Crippen MR) is 90.7 cm³/mol. The highest BCUT2D eigenvalue weighted by atomic mass is 32.2. The summed E-state index contributed by atoms with van der Waals surface area (Å²) in [5, 5.41) is 15.9. The molecule has 0 aliphatic rings. The van der Waals surface area contributed by atoms with Crippen molar-refractivity contribution in [3.8, 4) is 11.6 Å². The summed E-state index contributed by atoms with van der Waals surface area (Å²) in [5.74, 6) is 2.06. The minimum absolute atomic E-state index is 0.120. The number of thioether (sulfide) groups is 1. The topological polar surface area (TPSA) is 90.8 Å². The summed E-state index contributed by atoms with van der Waals surface area (Å²) in [6.07, 6.45) is 3.25. The van der Waals surface area contributed by atoms with E-state index in [1.165, 1.54) is 11.8 Å². The molecule has 0 aliphatic heterocycles. The van der Waals surface area contributed by atoms with Gasteiger partial charge in [0.1, 0.15) is 5.82 Å². The van der Waals surface area contributed by atoms with Crippen LogP contribution in [0.4, 0.5) is 5.82 Å². The zero-order valence-electron chi connectivity index (χ0n) is 13.6. The number of hydrogen-bond donors (Lipinski definition) is 1. The maximum Gasteiger partial charge on any atom is 0.235 e. The number of hydrogen-bond acceptors (Lipinski definition) is 6. The maximum absolute atomic E-state index is 12.2. The largest absolute Gasteiger partial charge is 0.461 e. The first-order valence-corrected chi connectivity index (χ1v) is 8.44. The number of nitrogens with one attached hydrogen (secondary N) is 1. The van der Waals surface area contributed by atoms with Gasteiger partial charge in [-0.3, -0.25) is 4.79 Å². The molecule has 3 aromatic heterocycles. The molecule has 24 heavy (non-hydrogen) atoms. The third-order valence-corrected chi connectivity index (χ3v) is 4.36. The Morgan fingerprint density at radius 1 is 1.38 bits per heavy atom. The number of aromatic nitrogens is 5. The second-order valence-corrected chi connectivity index (χ2v) is 6.38. The fraction of sp³-hybridized carbons (Fsp3) is 0.333. The smallest absolute Gasteiger partial charge is 0.235 e. The number of carbonyl (C=O) groups is 1. The lowest BCUT2D eigenvalue weighted by Gasteiger charge is -2.11. The summed E-state index contributed by atoms with van der Waals surface area (Å²) >= 11 is 1.32. The van der Waals surface area contributed by atoms with E-state index < -0.39 is 0 Å². The fourth-order valence-corrected chi connectivity index (χ4v) is 2.91. The zero-order chi connectivity index (χ0) is 17.1. The summed E-state index contributed by atoms with van der Waals surface area (Å²) in [7, 11) is 1.84. The normalized spacial score (nSPS) is 11.2. The van der Waals surface area contributed by atoms with Gasteiger partial charge in [0.15, 0.2) is 16.7 Å². The number of anilines is 1. The number of furan rings is 1. The predicted octanol–water partition coefficient (Wildman–Crippen LogP) is 2.58. The summed E-state index contributed by atoms with van der Waals surface area (Å²) < 4.78 is 8.89. The molecular formula is C15H18N6O2S. The molecule has 0 saturated heterocycles. The van der Waals surface area contributed by atoms with E-state index in [1.807, 2.05) is 27.0 Å². The van der Waals surface area contributed by atoms with Gasteiger partial charge < -0.3 is 14.3 Å². The van der Waals surface area contributed by atoms with Crippen LogP contribution in [0.5, 0.6) is 0 Å². The monoisotopic (exact) mass is 346 g/mol. The highest BCUT2D eigenvalue weighted by Crippen LogP contribution is 2.23. The van der Waals surface area contributed by atoms with E-state index in [1.54, 1.807) is 33.8 Å². The Morgan fingerprint density at radius 2 is 2.21 bits per heavy atom. The van der Waals surface area contributed by atoms with Crippen molar-refractivity contribution in [1.29, 1.82) is 0 Å². The lowest BCUT2D eigenvalue weighted by Crippen LogP contribution is -2.18. The molecule has 0 spiro atoms. The maximum atomic E-state index is 12.2. The van der Waals surface area contributed by atoms with Crippen LogP contribution in [-0.4, -0.2) is 36.2 Å². The van der Waals surface area contributed by atoms with Crippen LogP contribution in [-0.2, 0) is 11.8 Å². The van der Waals surface area contributed by atoms with E-state index >= 15 is 0 Å². The molecule has 0 radical (unpaired) electrons. The highest BCUT2D eigenvalue weighted by Gasteiger charge is 2.15. The van der Waals surface area contributed by atoms with Crippen LogP contribution < -0.4 is 5.32 Å². The first kappa shape index (κ1) is 16.3. The van der Waals surface area contributed by atoms with E-state index in [-0.39, 0.29) is 17.7 Å². The van der Waals surface area contributed by atoms with E-state index in [2.05, 4.69) is 20.6 Å². The minimum Gasteiger partial charge on any atom is -0.461 e. The van der Waals surface area contributed by atoms with Crippen molar-refractivity contribution in [3.63, 3.8) is 0 Å². The summed E-state index contributed by atoms with van der Waals surface area (Å²) in [6, 6.07) is 5.57. The molecule has 0 fully saturated rings. The molecule has 1 N–H and O–H groups in total. The molecule has 126 valence electrons. The zero-order valence-corrected chi connectivity index (χ0v) is 14.4. The molecule has 3 heterocycles. The average molecular weight is 346 g/mol. The van der Waals surface area contributed by atoms with Gasteiger partial charge in [-0.2, -0.15) is 5.10 Å². The van der Waals surface area contributed by atoms with E-state index in [0.717, 1.165) is 0 Å². The lowest BCUT2D eigenvalue weighted by atomic mass is 10.4. The van der Waals surface area contributed by atoms with E-state index in [0.29, 0.717) is 22.6 Å². The second-order valence-electron chi connectivity index (χ2n) is 5.43. The van der Waals surface area contributed by atoms with Crippen LogP contribution in [0.15, 0.2) is 40.2 Å². The lowest BCUT2D eigenvalue weighted by molar-refractivity contribution is -0.113. The Hall–Kier alpha value is -2.55. The van der Waals surface area contributed by atoms with Crippen LogP contribution in [0.1, 0.15) is 19.9 Å². The number of rotatable bonds is 6. The molecular weight excluding hydrogens is 328 g/mol. The number of carbonyl (C=O) groups excluding carboxylic acids is 1. The summed E-state index contributed by atoms with van der Waals surface area (Å²) in [5.41, 5.74) is 0. The third kappa shape index (κ3) is 3.35. The van der Waals surface area contributed by atoms with Gasteiger partial charge in [-0.25, -0.2) is 4.68 Å². The molecule has 0 aromatic carbocycles. The van der Waals surface area contributed by atoms with Crippen LogP contribution >= 0.6 is 11.8 Å². The Kier molecular flexibility index (Phi) is 4.70. The summed E-state index contributed by atoms with van der Waals surface area (Å²) in [6.45, 7) is 4.01. The SMILES string of the molecule is CC(C)n1nccc1NC(=O)CSc1nnc(-c2ccco2)n1C. The van der Waals surface area contributed by atoms with Crippen molar-refractivity contribution in [2.24, 2.45) is 7.05 Å². The molecule has 0 aliphatic carbocycles. The van der Waals surface area contributed by atoms with Gasteiger partial charge in [-0.05, 0) is 26.0 Å². The molecule has 3 rings (SSSR count). The van der Waals surface area contributed by atoms with Crippen LogP contribution in [0.25, 0.3) is 11.6 Å². The average Bonchev–Trinajstić information content (AvgIpc) is 3.25.